The van der Waals surface area contributed by atoms with Gasteiger partial charge in [-0.1, -0.05) is 30.3 Å². The minimum absolute atomic E-state index is 0.0481. The molecule has 2 aromatic rings. The first-order chi connectivity index (χ1) is 8.62. The van der Waals surface area contributed by atoms with Crippen LogP contribution in [0.15, 0.2) is 36.4 Å². The average molecular weight is 292 g/mol. The van der Waals surface area contributed by atoms with E-state index in [9.17, 15) is 5.11 Å². The van der Waals surface area contributed by atoms with Crippen molar-refractivity contribution in [3.05, 3.63) is 36.4 Å². The normalized spacial score (nSPS) is 8.89. The summed E-state index contributed by atoms with van der Waals surface area (Å²) in [6.07, 6.45) is 0. The lowest BCUT2D eigenvalue weighted by Gasteiger charge is -2.01. The molecule has 0 saturated carbocycles. The van der Waals surface area contributed by atoms with Gasteiger partial charge in [0, 0.05) is 5.39 Å². The number of fused-ring (bicyclic) bond motifs is 1. The van der Waals surface area contributed by atoms with Gasteiger partial charge in [-0.15, -0.1) is 0 Å². The average Bonchev–Trinajstić information content (AvgIpc) is 2.36. The van der Waals surface area contributed by atoms with Crippen molar-refractivity contribution < 1.29 is 28.4 Å². The lowest BCUT2D eigenvalue weighted by atomic mass is 10.1. The molecule has 0 aliphatic rings. The Bertz CT molecular complexity index is 463. The van der Waals surface area contributed by atoms with Gasteiger partial charge < -0.3 is 28.4 Å². The summed E-state index contributed by atoms with van der Waals surface area (Å²) in [5, 5.41) is 20.2. The van der Waals surface area contributed by atoms with Crippen LogP contribution in [0.1, 0.15) is 0 Å². The van der Waals surface area contributed by atoms with Crippen LogP contribution >= 0.6 is 24.6 Å². The molecule has 2 aromatic carbocycles. The van der Waals surface area contributed by atoms with Gasteiger partial charge in [0.25, 0.3) is 0 Å². The number of rotatable bonds is 0. The van der Waals surface area contributed by atoms with Crippen molar-refractivity contribution in [3.63, 3.8) is 0 Å². The van der Waals surface area contributed by atoms with Crippen molar-refractivity contribution in [2.24, 2.45) is 0 Å². The quantitative estimate of drug-likeness (QED) is 0.322. The minimum Gasteiger partial charge on any atom is -0.504 e. The van der Waals surface area contributed by atoms with Crippen molar-refractivity contribution in [3.8, 4) is 11.5 Å². The Balaban J connectivity index is 0.000000414. The van der Waals surface area contributed by atoms with Gasteiger partial charge in [0.2, 0.25) is 0 Å². The molecule has 0 saturated heterocycles. The smallest absolute Gasteiger partial charge is 0.165 e. The van der Waals surface area contributed by atoms with Gasteiger partial charge in [-0.05, 0) is 11.5 Å². The third kappa shape index (κ3) is 5.45. The van der Waals surface area contributed by atoms with Gasteiger partial charge in [-0.3, -0.25) is 0 Å². The lowest BCUT2D eigenvalue weighted by Crippen LogP contribution is -1.73. The summed E-state index contributed by atoms with van der Waals surface area (Å²) in [6.45, 7) is 0. The Morgan fingerprint density at radius 2 is 1.22 bits per heavy atom. The van der Waals surface area contributed by atoms with Gasteiger partial charge in [-0.2, -0.15) is 0 Å². The number of phenols is 2. The van der Waals surface area contributed by atoms with Gasteiger partial charge in [0.15, 0.2) is 36.1 Å². The molecule has 0 amide bonds. The van der Waals surface area contributed by atoms with Crippen LogP contribution in [0.5, 0.6) is 11.5 Å². The lowest BCUT2D eigenvalue weighted by molar-refractivity contribution is 0.408. The molecule has 18 heavy (non-hydrogen) atoms. The van der Waals surface area contributed by atoms with Gasteiger partial charge >= 0.3 is 0 Å². The minimum atomic E-state index is -0.250. The van der Waals surface area contributed by atoms with E-state index in [1.165, 1.54) is 6.07 Å². The second-order valence-electron chi connectivity index (χ2n) is 2.82. The highest BCUT2D eigenvalue weighted by atomic mass is 32.2. The molecular weight excluding hydrogens is 280 g/mol. The molecule has 0 aliphatic carbocycles. The summed E-state index contributed by atoms with van der Waals surface area (Å²) in [7, 11) is 0. The van der Waals surface area contributed by atoms with E-state index in [0.717, 1.165) is 5.39 Å². The zero-order valence-corrected chi connectivity index (χ0v) is 10.6. The molecule has 0 fully saturated rings. The van der Waals surface area contributed by atoms with E-state index < -0.39 is 0 Å². The van der Waals surface area contributed by atoms with E-state index in [1.54, 1.807) is 12.1 Å². The molecule has 0 aromatic heterocycles. The van der Waals surface area contributed by atoms with Crippen LogP contribution in [0.4, 0.5) is 0 Å². The second-order valence-corrected chi connectivity index (χ2v) is 3.14. The summed E-state index contributed by atoms with van der Waals surface area (Å²) < 4.78 is 28.2. The molecule has 0 spiro atoms. The summed E-state index contributed by atoms with van der Waals surface area (Å²) in [6, 6.07) is 10.6. The monoisotopic (exact) mass is 292 g/mol. The highest BCUT2D eigenvalue weighted by Crippen LogP contribution is 2.32. The van der Waals surface area contributed by atoms with Crippen molar-refractivity contribution in [1.82, 2.24) is 0 Å². The molecule has 0 aliphatic heterocycles. The fourth-order valence-corrected chi connectivity index (χ4v) is 1.24. The summed E-state index contributed by atoms with van der Waals surface area (Å²) >= 11 is -0.500. The maximum absolute atomic E-state index is 9.41. The fourth-order valence-electron chi connectivity index (χ4n) is 1.24. The molecule has 0 atom stereocenters. The zero-order chi connectivity index (χ0) is 14.0. The Hall–Kier alpha value is -1.16. The van der Waals surface area contributed by atoms with Gasteiger partial charge in [-0.25, -0.2) is 0 Å². The third-order valence-electron chi connectivity index (χ3n) is 1.88. The Labute approximate surface area is 112 Å². The van der Waals surface area contributed by atoms with E-state index in [2.05, 4.69) is 0 Å². The first kappa shape index (κ1) is 16.8. The predicted molar refractivity (Wildman–Crippen MR) is 73.0 cm³/mol. The summed E-state index contributed by atoms with van der Waals surface area (Å²) in [5.74, 6) is -0.123. The molecule has 0 heterocycles. The summed E-state index contributed by atoms with van der Waals surface area (Å²) in [4.78, 5) is 0. The van der Waals surface area contributed by atoms with Crippen molar-refractivity contribution in [2.75, 3.05) is 0 Å². The first-order valence-electron chi connectivity index (χ1n) is 4.42. The number of benzene rings is 2. The SMILES string of the molecule is OSO.OSO.Oc1ccc2ccccc2c1O. The molecule has 0 radical (unpaired) electrons. The molecular formula is C10H12O6S2. The fraction of sp³-hybridized carbons (Fsp3) is 0. The Kier molecular flexibility index (Phi) is 9.19. The van der Waals surface area contributed by atoms with Crippen molar-refractivity contribution >= 4 is 35.4 Å². The van der Waals surface area contributed by atoms with Crippen LogP contribution in [0, 0.1) is 0 Å². The second kappa shape index (κ2) is 9.83. The van der Waals surface area contributed by atoms with Crippen molar-refractivity contribution in [2.45, 2.75) is 0 Å². The maximum Gasteiger partial charge on any atom is 0.165 e. The highest BCUT2D eigenvalue weighted by molar-refractivity contribution is 7.88. The van der Waals surface area contributed by atoms with Crippen LogP contribution in [0.25, 0.3) is 10.8 Å². The Morgan fingerprint density at radius 1 is 0.722 bits per heavy atom. The van der Waals surface area contributed by atoms with Crippen LogP contribution in [-0.4, -0.2) is 28.4 Å². The molecule has 6 N–H and O–H groups in total. The van der Waals surface area contributed by atoms with Crippen molar-refractivity contribution in [1.29, 1.82) is 0 Å². The van der Waals surface area contributed by atoms with Crippen LogP contribution in [0.2, 0.25) is 0 Å². The van der Waals surface area contributed by atoms with E-state index in [0.29, 0.717) is 5.39 Å². The van der Waals surface area contributed by atoms with E-state index in [-0.39, 0.29) is 36.1 Å². The topological polar surface area (TPSA) is 121 Å². The number of hydrogen-bond acceptors (Lipinski definition) is 8. The molecule has 6 nitrogen and oxygen atoms in total. The first-order valence-corrected chi connectivity index (χ1v) is 5.88. The van der Waals surface area contributed by atoms with Gasteiger partial charge in [0.1, 0.15) is 0 Å². The van der Waals surface area contributed by atoms with Crippen LogP contribution < -0.4 is 0 Å². The highest BCUT2D eigenvalue weighted by Gasteiger charge is 2.02. The van der Waals surface area contributed by atoms with E-state index in [1.807, 2.05) is 18.2 Å². The Morgan fingerprint density at radius 3 is 1.78 bits per heavy atom. The van der Waals surface area contributed by atoms with E-state index in [4.69, 9.17) is 23.3 Å². The maximum atomic E-state index is 9.41. The standard InChI is InChI=1S/C10H8O2.2H2O2S/c11-9-6-5-7-3-1-2-4-8(7)10(9)12;2*1-3-2/h1-6,11-12H;2*1-2H. The molecule has 2 rings (SSSR count). The molecule has 0 bridgehead atoms. The largest absolute Gasteiger partial charge is 0.504 e. The van der Waals surface area contributed by atoms with Crippen LogP contribution in [-0.2, 0) is 0 Å². The third-order valence-corrected chi connectivity index (χ3v) is 1.88. The van der Waals surface area contributed by atoms with Gasteiger partial charge in [0.05, 0.1) is 0 Å². The number of phenolic OH excluding ortho intramolecular Hbond substituents is 2. The number of aromatic hydroxyl groups is 2. The van der Waals surface area contributed by atoms with E-state index >= 15 is 0 Å². The number of hydrogen-bond donors (Lipinski definition) is 6. The molecule has 100 valence electrons. The predicted octanol–water partition coefficient (Wildman–Crippen LogP) is 3.58. The van der Waals surface area contributed by atoms with Crippen LogP contribution in [0.3, 0.4) is 0 Å². The zero-order valence-electron chi connectivity index (χ0n) is 8.96. The summed E-state index contributed by atoms with van der Waals surface area (Å²) in [5.41, 5.74) is 0. The molecule has 0 unspecified atom stereocenters. The molecule has 8 heteroatoms.